The molecule has 0 amide bonds. The van der Waals surface area contributed by atoms with Gasteiger partial charge in [0, 0.05) is 38.8 Å². The molecule has 184 valence electrons. The Hall–Kier alpha value is -1.26. The number of aliphatic imine (C=N–C) groups is 1. The van der Waals surface area contributed by atoms with E-state index in [1.54, 1.807) is 0 Å². The molecule has 2 N–H and O–H groups in total. The number of piperazine rings is 1. The molecule has 0 saturated carbocycles. The molecule has 1 aliphatic heterocycles. The lowest BCUT2D eigenvalue weighted by atomic mass is 10.1. The van der Waals surface area contributed by atoms with Crippen molar-refractivity contribution < 1.29 is 9.47 Å². The molecule has 2 unspecified atom stereocenters. The van der Waals surface area contributed by atoms with Crippen LogP contribution in [-0.2, 0) is 0 Å². The molecule has 32 heavy (non-hydrogen) atoms. The Balaban J connectivity index is 0.00000512. The topological polar surface area (TPSA) is 61.4 Å². The second kappa shape index (κ2) is 15.6. The summed E-state index contributed by atoms with van der Waals surface area (Å²) in [5.41, 5.74) is 1.14. The lowest BCUT2D eigenvalue weighted by Crippen LogP contribution is -2.50. The number of hydrogen-bond acceptors (Lipinski definition) is 5. The van der Waals surface area contributed by atoms with Crippen molar-refractivity contribution in [2.24, 2.45) is 4.99 Å². The minimum atomic E-state index is 0. The van der Waals surface area contributed by atoms with E-state index in [-0.39, 0.29) is 30.0 Å². The summed E-state index contributed by atoms with van der Waals surface area (Å²) in [6, 6.07) is 6.66. The molecular formula is C24H44IN5O2. The lowest BCUT2D eigenvalue weighted by molar-refractivity contribution is 0.109. The van der Waals surface area contributed by atoms with E-state index in [1.807, 2.05) is 19.9 Å². The minimum Gasteiger partial charge on any atom is -0.490 e. The number of nitrogens with one attached hydrogen (secondary N) is 2. The maximum absolute atomic E-state index is 5.79. The Bertz CT molecular complexity index is 680. The van der Waals surface area contributed by atoms with E-state index in [4.69, 9.17) is 14.5 Å². The van der Waals surface area contributed by atoms with Crippen LogP contribution < -0.4 is 20.1 Å². The van der Waals surface area contributed by atoms with Gasteiger partial charge in [-0.15, -0.1) is 24.0 Å². The van der Waals surface area contributed by atoms with Gasteiger partial charge >= 0.3 is 0 Å². The molecule has 0 bridgehead atoms. The number of benzene rings is 1. The standard InChI is InChI=1S/C24H43N5O2.HI/c1-7-25-24(26-18-19(5)29-15-13-28(8-2)14-16-29)27-20(6)21-11-12-22(30-9-3)23(17-21)31-10-4;/h11-12,17,19-20H,7-10,13-16,18H2,1-6H3,(H2,25,26,27);1H. The maximum atomic E-state index is 5.79. The SMILES string of the molecule is CCNC(=NCC(C)N1CCN(CC)CC1)NC(C)c1ccc(OCC)c(OCC)c1.I. The lowest BCUT2D eigenvalue weighted by Gasteiger charge is -2.37. The van der Waals surface area contributed by atoms with E-state index in [0.717, 1.165) is 68.8 Å². The monoisotopic (exact) mass is 561 g/mol. The summed E-state index contributed by atoms with van der Waals surface area (Å²) in [5, 5.41) is 6.93. The average Bonchev–Trinajstić information content (AvgIpc) is 2.78. The van der Waals surface area contributed by atoms with Gasteiger partial charge in [0.1, 0.15) is 0 Å². The Morgan fingerprint density at radius 3 is 2.25 bits per heavy atom. The highest BCUT2D eigenvalue weighted by atomic mass is 127. The van der Waals surface area contributed by atoms with Crippen LogP contribution in [0.5, 0.6) is 11.5 Å². The van der Waals surface area contributed by atoms with Gasteiger partial charge in [0.15, 0.2) is 17.5 Å². The van der Waals surface area contributed by atoms with Crippen LogP contribution in [0.3, 0.4) is 0 Å². The van der Waals surface area contributed by atoms with Crippen LogP contribution in [0, 0.1) is 0 Å². The third kappa shape index (κ3) is 8.94. The molecule has 2 atom stereocenters. The second-order valence-corrected chi connectivity index (χ2v) is 7.98. The van der Waals surface area contributed by atoms with Gasteiger partial charge in [-0.1, -0.05) is 13.0 Å². The van der Waals surface area contributed by atoms with E-state index in [2.05, 4.69) is 60.3 Å². The first-order valence-corrected chi connectivity index (χ1v) is 11.9. The summed E-state index contributed by atoms with van der Waals surface area (Å²) in [5.74, 6) is 2.43. The van der Waals surface area contributed by atoms with Crippen molar-refractivity contribution >= 4 is 29.9 Å². The van der Waals surface area contributed by atoms with E-state index < -0.39 is 0 Å². The molecule has 8 heteroatoms. The Kier molecular flexibility index (Phi) is 14.0. The van der Waals surface area contributed by atoms with Crippen LogP contribution >= 0.6 is 24.0 Å². The van der Waals surface area contributed by atoms with Crippen LogP contribution in [0.1, 0.15) is 53.1 Å². The molecule has 1 aliphatic rings. The van der Waals surface area contributed by atoms with Gasteiger partial charge in [0.05, 0.1) is 25.8 Å². The second-order valence-electron chi connectivity index (χ2n) is 7.98. The summed E-state index contributed by atoms with van der Waals surface area (Å²) in [7, 11) is 0. The molecule has 0 spiro atoms. The maximum Gasteiger partial charge on any atom is 0.191 e. The van der Waals surface area contributed by atoms with Crippen molar-refractivity contribution in [1.82, 2.24) is 20.4 Å². The molecule has 1 saturated heterocycles. The van der Waals surface area contributed by atoms with Crippen molar-refractivity contribution in [3.8, 4) is 11.5 Å². The van der Waals surface area contributed by atoms with Crippen molar-refractivity contribution in [1.29, 1.82) is 0 Å². The molecule has 7 nitrogen and oxygen atoms in total. The molecule has 1 heterocycles. The first-order chi connectivity index (χ1) is 15.0. The van der Waals surface area contributed by atoms with Gasteiger partial charge in [0.2, 0.25) is 0 Å². The number of hydrogen-bond donors (Lipinski definition) is 2. The van der Waals surface area contributed by atoms with E-state index in [9.17, 15) is 0 Å². The molecule has 1 aromatic rings. The summed E-state index contributed by atoms with van der Waals surface area (Å²) in [4.78, 5) is 9.93. The third-order valence-electron chi connectivity index (χ3n) is 5.76. The fourth-order valence-corrected chi connectivity index (χ4v) is 3.80. The van der Waals surface area contributed by atoms with E-state index in [1.165, 1.54) is 0 Å². The van der Waals surface area contributed by atoms with Crippen LogP contribution in [-0.4, -0.2) is 80.8 Å². The van der Waals surface area contributed by atoms with Gasteiger partial charge in [-0.05, 0) is 58.9 Å². The zero-order valence-corrected chi connectivity index (χ0v) is 23.1. The molecule has 0 aromatic heterocycles. The molecule has 1 aromatic carbocycles. The van der Waals surface area contributed by atoms with Gasteiger partial charge < -0.3 is 25.0 Å². The Labute approximate surface area is 212 Å². The summed E-state index contributed by atoms with van der Waals surface area (Å²) >= 11 is 0. The quantitative estimate of drug-likeness (QED) is 0.244. The van der Waals surface area contributed by atoms with E-state index >= 15 is 0 Å². The van der Waals surface area contributed by atoms with Crippen LogP contribution in [0.25, 0.3) is 0 Å². The molecule has 0 radical (unpaired) electrons. The number of rotatable bonds is 11. The fourth-order valence-electron chi connectivity index (χ4n) is 3.80. The molecule has 0 aliphatic carbocycles. The smallest absolute Gasteiger partial charge is 0.191 e. The summed E-state index contributed by atoms with van der Waals surface area (Å²) < 4.78 is 11.5. The number of ether oxygens (including phenoxy) is 2. The van der Waals surface area contributed by atoms with Crippen molar-refractivity contribution in [2.45, 2.75) is 53.6 Å². The Morgan fingerprint density at radius 2 is 1.66 bits per heavy atom. The first-order valence-electron chi connectivity index (χ1n) is 11.9. The van der Waals surface area contributed by atoms with Crippen molar-refractivity contribution in [3.63, 3.8) is 0 Å². The number of halogens is 1. The Morgan fingerprint density at radius 1 is 1.00 bits per heavy atom. The normalized spacial score (nSPS) is 17.2. The number of nitrogens with zero attached hydrogens (tertiary/aromatic N) is 3. The first kappa shape index (κ1) is 28.8. The van der Waals surface area contributed by atoms with Gasteiger partial charge in [-0.25, -0.2) is 0 Å². The highest BCUT2D eigenvalue weighted by Crippen LogP contribution is 2.30. The zero-order valence-electron chi connectivity index (χ0n) is 20.8. The molecular weight excluding hydrogens is 517 g/mol. The predicted octanol–water partition coefficient (Wildman–Crippen LogP) is 3.74. The van der Waals surface area contributed by atoms with Gasteiger partial charge in [-0.2, -0.15) is 0 Å². The average molecular weight is 562 g/mol. The van der Waals surface area contributed by atoms with Crippen LogP contribution in [0.15, 0.2) is 23.2 Å². The van der Waals surface area contributed by atoms with E-state index in [0.29, 0.717) is 19.3 Å². The van der Waals surface area contributed by atoms with Crippen molar-refractivity contribution in [2.75, 3.05) is 59.0 Å². The van der Waals surface area contributed by atoms with Gasteiger partial charge in [0.25, 0.3) is 0 Å². The summed E-state index contributed by atoms with van der Waals surface area (Å²) in [6.07, 6.45) is 0. The fraction of sp³-hybridized carbons (Fsp3) is 0.708. The highest BCUT2D eigenvalue weighted by Gasteiger charge is 2.20. The minimum absolute atomic E-state index is 0. The third-order valence-corrected chi connectivity index (χ3v) is 5.76. The number of likely N-dealkylation sites (N-methyl/N-ethyl adjacent to an activating group) is 1. The number of guanidine groups is 1. The van der Waals surface area contributed by atoms with Gasteiger partial charge in [-0.3, -0.25) is 9.89 Å². The summed E-state index contributed by atoms with van der Waals surface area (Å²) in [6.45, 7) is 21.3. The van der Waals surface area contributed by atoms with Crippen molar-refractivity contribution in [3.05, 3.63) is 23.8 Å². The predicted molar refractivity (Wildman–Crippen MR) is 145 cm³/mol. The highest BCUT2D eigenvalue weighted by molar-refractivity contribution is 14.0. The largest absolute Gasteiger partial charge is 0.490 e. The van der Waals surface area contributed by atoms with Crippen LogP contribution in [0.4, 0.5) is 0 Å². The zero-order chi connectivity index (χ0) is 22.6. The molecule has 2 rings (SSSR count). The molecule has 1 fully saturated rings. The van der Waals surface area contributed by atoms with Crippen LogP contribution in [0.2, 0.25) is 0 Å².